The fourth-order valence-electron chi connectivity index (χ4n) is 7.13. The van der Waals surface area contributed by atoms with Gasteiger partial charge in [-0.2, -0.15) is 0 Å². The Morgan fingerprint density at radius 2 is 1.76 bits per heavy atom. The van der Waals surface area contributed by atoms with Crippen molar-refractivity contribution in [1.82, 2.24) is 10.2 Å². The number of nitrogens with zero attached hydrogens (tertiary/aromatic N) is 1. The van der Waals surface area contributed by atoms with Gasteiger partial charge in [-0.25, -0.2) is 0 Å². The summed E-state index contributed by atoms with van der Waals surface area (Å²) in [6.45, 7) is 2.60. The topological polar surface area (TPSA) is 32.3 Å². The third-order valence-corrected chi connectivity index (χ3v) is 8.76. The number of hydrogen-bond acceptors (Lipinski definition) is 2. The average Bonchev–Trinajstić information content (AvgIpc) is 3.53. The van der Waals surface area contributed by atoms with Gasteiger partial charge in [-0.05, 0) is 61.1 Å². The quantitative estimate of drug-likeness (QED) is 0.659. The van der Waals surface area contributed by atoms with Crippen molar-refractivity contribution in [2.75, 3.05) is 19.6 Å². The second kappa shape index (κ2) is 8.61. The number of carbonyl (C=O) groups excluding carboxylic acids is 1. The lowest BCUT2D eigenvalue weighted by atomic mass is 9.64. The lowest BCUT2D eigenvalue weighted by Gasteiger charge is -2.45. The van der Waals surface area contributed by atoms with E-state index in [0.29, 0.717) is 11.8 Å². The van der Waals surface area contributed by atoms with Gasteiger partial charge >= 0.3 is 0 Å². The van der Waals surface area contributed by atoms with Gasteiger partial charge in [-0.1, -0.05) is 78.4 Å². The number of likely N-dealkylation sites (tertiary alicyclic amines) is 1. The average molecular weight is 439 g/mol. The van der Waals surface area contributed by atoms with Crippen molar-refractivity contribution in [1.29, 1.82) is 0 Å². The van der Waals surface area contributed by atoms with E-state index < -0.39 is 0 Å². The normalized spacial score (nSPS) is 31.3. The molecule has 2 saturated heterocycles. The van der Waals surface area contributed by atoms with Crippen molar-refractivity contribution in [3.8, 4) is 0 Å². The monoisotopic (exact) mass is 438 g/mol. The smallest absolute Gasteiger partial charge is 0.228 e. The summed E-state index contributed by atoms with van der Waals surface area (Å²) in [6.07, 6.45) is 11.3. The Bertz CT molecular complexity index is 1070. The molecule has 170 valence electrons. The minimum absolute atomic E-state index is 0.00478. The maximum atomic E-state index is 14.3. The van der Waals surface area contributed by atoms with Gasteiger partial charge in [0.15, 0.2) is 0 Å². The van der Waals surface area contributed by atoms with Crippen LogP contribution in [0.2, 0.25) is 0 Å². The lowest BCUT2D eigenvalue weighted by Crippen LogP contribution is -2.49. The molecule has 4 atom stereocenters. The minimum atomic E-state index is -0.00478. The van der Waals surface area contributed by atoms with Crippen LogP contribution in [0.1, 0.15) is 61.6 Å². The van der Waals surface area contributed by atoms with Crippen LogP contribution < -0.4 is 5.32 Å². The number of benzene rings is 2. The van der Waals surface area contributed by atoms with Gasteiger partial charge in [0, 0.05) is 25.0 Å². The first-order valence-corrected chi connectivity index (χ1v) is 12.8. The molecule has 2 aromatic carbocycles. The zero-order valence-corrected chi connectivity index (χ0v) is 19.4. The van der Waals surface area contributed by atoms with Crippen LogP contribution in [-0.2, 0) is 4.79 Å². The summed E-state index contributed by atoms with van der Waals surface area (Å²) in [7, 11) is 0. The molecule has 3 nitrogen and oxygen atoms in total. The molecular formula is C30H34N2O. The zero-order valence-electron chi connectivity index (χ0n) is 19.4. The molecule has 4 aliphatic rings. The van der Waals surface area contributed by atoms with Crippen LogP contribution in [0, 0.1) is 11.3 Å². The standard InChI is InChI=1S/C30H34N2O/c33-29(27-20-31-21-30(27)17-8-14-23-13-7-15-26(23)30)32-18-16-25(22-9-3-1-4-10-22)19-28(32)24-11-5-2-6-12-24/h1-7,9-12,15,25,27-28,31H,8,13-14,16-21H2/t25-,27+,28+,30+/m1/s1. The third-order valence-electron chi connectivity index (χ3n) is 8.76. The maximum absolute atomic E-state index is 14.3. The molecule has 1 spiro atoms. The number of amides is 1. The van der Waals surface area contributed by atoms with Crippen molar-refractivity contribution in [3.05, 3.63) is 95.1 Å². The van der Waals surface area contributed by atoms with Crippen LogP contribution in [-0.4, -0.2) is 30.4 Å². The van der Waals surface area contributed by atoms with Crippen LogP contribution in [0.5, 0.6) is 0 Å². The molecule has 0 aromatic heterocycles. The Kier molecular flexibility index (Phi) is 5.46. The molecule has 2 heterocycles. The summed E-state index contributed by atoms with van der Waals surface area (Å²) in [6, 6.07) is 21.7. The van der Waals surface area contributed by atoms with Crippen LogP contribution >= 0.6 is 0 Å². The Hall–Kier alpha value is -2.65. The molecular weight excluding hydrogens is 404 g/mol. The van der Waals surface area contributed by atoms with E-state index in [2.05, 4.69) is 83.0 Å². The highest BCUT2D eigenvalue weighted by atomic mass is 16.2. The second-order valence-corrected chi connectivity index (χ2v) is 10.4. The van der Waals surface area contributed by atoms with Crippen LogP contribution in [0.4, 0.5) is 0 Å². The number of piperidine rings is 1. The van der Waals surface area contributed by atoms with E-state index in [1.807, 2.05) is 0 Å². The van der Waals surface area contributed by atoms with Crippen LogP contribution in [0.25, 0.3) is 0 Å². The summed E-state index contributed by atoms with van der Waals surface area (Å²) >= 11 is 0. The van der Waals surface area contributed by atoms with Crippen LogP contribution in [0.15, 0.2) is 84.0 Å². The number of carbonyl (C=O) groups is 1. The minimum Gasteiger partial charge on any atom is -0.335 e. The van der Waals surface area contributed by atoms with E-state index in [4.69, 9.17) is 0 Å². The Balaban J connectivity index is 1.32. The highest BCUT2D eigenvalue weighted by Gasteiger charge is 2.52. The first kappa shape index (κ1) is 20.9. The lowest BCUT2D eigenvalue weighted by molar-refractivity contribution is -0.142. The molecule has 2 aromatic rings. The first-order valence-electron chi connectivity index (χ1n) is 12.8. The second-order valence-electron chi connectivity index (χ2n) is 10.4. The van der Waals surface area contributed by atoms with Crippen molar-refractivity contribution >= 4 is 5.91 Å². The van der Waals surface area contributed by atoms with Gasteiger partial charge in [-0.15, -0.1) is 0 Å². The number of allylic oxidation sites excluding steroid dienone is 3. The third kappa shape index (κ3) is 3.58. The molecule has 0 unspecified atom stereocenters. The molecule has 2 fully saturated rings. The largest absolute Gasteiger partial charge is 0.335 e. The predicted molar refractivity (Wildman–Crippen MR) is 133 cm³/mol. The summed E-state index contributed by atoms with van der Waals surface area (Å²) in [4.78, 5) is 16.6. The molecule has 0 radical (unpaired) electrons. The van der Waals surface area contributed by atoms with E-state index in [-0.39, 0.29) is 17.4 Å². The molecule has 2 aliphatic carbocycles. The molecule has 0 bridgehead atoms. The summed E-state index contributed by atoms with van der Waals surface area (Å²) < 4.78 is 0. The molecule has 33 heavy (non-hydrogen) atoms. The molecule has 2 aliphatic heterocycles. The van der Waals surface area contributed by atoms with E-state index in [1.54, 1.807) is 5.57 Å². The van der Waals surface area contributed by atoms with Gasteiger partial charge in [0.2, 0.25) is 5.91 Å². The molecule has 3 heteroatoms. The zero-order chi connectivity index (χ0) is 22.3. The predicted octanol–water partition coefficient (Wildman–Crippen LogP) is 5.78. The van der Waals surface area contributed by atoms with Gasteiger partial charge in [0.25, 0.3) is 0 Å². The Labute approximate surface area is 197 Å². The summed E-state index contributed by atoms with van der Waals surface area (Å²) in [5.41, 5.74) is 5.76. The Morgan fingerprint density at radius 1 is 1.00 bits per heavy atom. The van der Waals surface area contributed by atoms with Gasteiger partial charge in [-0.3, -0.25) is 4.79 Å². The molecule has 1 N–H and O–H groups in total. The molecule has 6 rings (SSSR count). The van der Waals surface area contributed by atoms with Crippen LogP contribution in [0.3, 0.4) is 0 Å². The Morgan fingerprint density at radius 3 is 2.55 bits per heavy atom. The van der Waals surface area contributed by atoms with Crippen molar-refractivity contribution in [3.63, 3.8) is 0 Å². The summed E-state index contributed by atoms with van der Waals surface area (Å²) in [5, 5.41) is 3.64. The maximum Gasteiger partial charge on any atom is 0.228 e. The number of nitrogens with one attached hydrogen (secondary N) is 1. The number of hydrogen-bond donors (Lipinski definition) is 1. The van der Waals surface area contributed by atoms with E-state index >= 15 is 0 Å². The van der Waals surface area contributed by atoms with Gasteiger partial charge in [0.05, 0.1) is 12.0 Å². The fourth-order valence-corrected chi connectivity index (χ4v) is 7.13. The van der Waals surface area contributed by atoms with Crippen molar-refractivity contribution < 1.29 is 4.79 Å². The van der Waals surface area contributed by atoms with Crippen molar-refractivity contribution in [2.24, 2.45) is 11.3 Å². The van der Waals surface area contributed by atoms with Gasteiger partial charge in [0.1, 0.15) is 0 Å². The summed E-state index contributed by atoms with van der Waals surface area (Å²) in [5.74, 6) is 0.914. The molecule has 1 amide bonds. The fraction of sp³-hybridized carbons (Fsp3) is 0.433. The first-order chi connectivity index (χ1) is 16.3. The molecule has 0 saturated carbocycles. The van der Waals surface area contributed by atoms with Gasteiger partial charge < -0.3 is 10.2 Å². The number of rotatable bonds is 3. The SMILES string of the molecule is O=C([C@@H]1CNC[C@]12CCCC1=C2C=CC1)N1CC[C@@H](c2ccccc2)C[C@H]1c1ccccc1. The van der Waals surface area contributed by atoms with Crippen molar-refractivity contribution in [2.45, 2.75) is 50.5 Å². The number of fused-ring (bicyclic) bond motifs is 1. The van der Waals surface area contributed by atoms with E-state index in [0.717, 1.165) is 45.3 Å². The highest BCUT2D eigenvalue weighted by molar-refractivity contribution is 5.82. The highest BCUT2D eigenvalue weighted by Crippen LogP contribution is 2.53. The van der Waals surface area contributed by atoms with E-state index in [9.17, 15) is 4.79 Å². The van der Waals surface area contributed by atoms with E-state index in [1.165, 1.54) is 29.5 Å².